The highest BCUT2D eigenvalue weighted by Gasteiger charge is 2.23. The van der Waals surface area contributed by atoms with Gasteiger partial charge in [0, 0.05) is 12.0 Å². The molecule has 0 spiro atoms. The van der Waals surface area contributed by atoms with E-state index in [0.717, 1.165) is 12.0 Å². The summed E-state index contributed by atoms with van der Waals surface area (Å²) in [4.78, 5) is 0. The van der Waals surface area contributed by atoms with Crippen molar-refractivity contribution in [3.63, 3.8) is 0 Å². The third-order valence-corrected chi connectivity index (χ3v) is 3.20. The van der Waals surface area contributed by atoms with Gasteiger partial charge in [-0.05, 0) is 29.7 Å². The summed E-state index contributed by atoms with van der Waals surface area (Å²) >= 11 is 0. The number of phenolic OH excluding ortho intramolecular Hbond substituents is 1. The van der Waals surface area contributed by atoms with Crippen molar-refractivity contribution in [2.75, 3.05) is 6.61 Å². The molecule has 0 unspecified atom stereocenters. The number of rotatable bonds is 2. The third kappa shape index (κ3) is 1.48. The monoisotopic (exact) mass is 226 g/mol. The quantitative estimate of drug-likeness (QED) is 0.726. The van der Waals surface area contributed by atoms with Crippen molar-refractivity contribution in [3.8, 4) is 22.6 Å². The first-order valence-corrected chi connectivity index (χ1v) is 5.87. The minimum absolute atomic E-state index is 0.235. The van der Waals surface area contributed by atoms with Crippen LogP contribution >= 0.6 is 0 Å². The van der Waals surface area contributed by atoms with Crippen LogP contribution in [-0.4, -0.2) is 11.7 Å². The van der Waals surface area contributed by atoms with Crippen molar-refractivity contribution in [2.24, 2.45) is 0 Å². The predicted molar refractivity (Wildman–Crippen MR) is 67.5 cm³/mol. The van der Waals surface area contributed by atoms with Crippen LogP contribution < -0.4 is 4.74 Å². The minimum atomic E-state index is 0.235. The average molecular weight is 226 g/mol. The average Bonchev–Trinajstić information content (AvgIpc) is 2.72. The van der Waals surface area contributed by atoms with Gasteiger partial charge >= 0.3 is 0 Å². The van der Waals surface area contributed by atoms with Gasteiger partial charge in [-0.1, -0.05) is 30.3 Å². The Balaban J connectivity index is 2.20. The zero-order valence-corrected chi connectivity index (χ0v) is 9.73. The molecule has 17 heavy (non-hydrogen) atoms. The van der Waals surface area contributed by atoms with Gasteiger partial charge in [-0.15, -0.1) is 0 Å². The van der Waals surface area contributed by atoms with Crippen LogP contribution in [0.1, 0.15) is 18.1 Å². The molecule has 0 bridgehead atoms. The Hall–Kier alpha value is -1.96. The molecular weight excluding hydrogens is 212 g/mol. The van der Waals surface area contributed by atoms with E-state index in [0.29, 0.717) is 12.4 Å². The Morgan fingerprint density at radius 3 is 2.76 bits per heavy atom. The van der Waals surface area contributed by atoms with Crippen molar-refractivity contribution >= 4 is 0 Å². The highest BCUT2D eigenvalue weighted by atomic mass is 16.5. The number of fused-ring (bicyclic) bond motifs is 3. The van der Waals surface area contributed by atoms with E-state index in [4.69, 9.17) is 4.74 Å². The molecule has 0 saturated carbocycles. The topological polar surface area (TPSA) is 29.5 Å². The smallest absolute Gasteiger partial charge is 0.165 e. The molecule has 0 aromatic heterocycles. The molecule has 0 atom stereocenters. The second kappa shape index (κ2) is 3.81. The maximum Gasteiger partial charge on any atom is 0.165 e. The lowest BCUT2D eigenvalue weighted by Gasteiger charge is -2.10. The van der Waals surface area contributed by atoms with Crippen LogP contribution in [0.2, 0.25) is 0 Å². The van der Waals surface area contributed by atoms with Gasteiger partial charge in [-0.2, -0.15) is 0 Å². The Morgan fingerprint density at radius 2 is 1.94 bits per heavy atom. The molecule has 0 saturated heterocycles. The van der Waals surface area contributed by atoms with Crippen LogP contribution in [0.4, 0.5) is 0 Å². The lowest BCUT2D eigenvalue weighted by molar-refractivity contribution is 0.315. The number of benzene rings is 2. The molecular formula is C15H14O2. The summed E-state index contributed by atoms with van der Waals surface area (Å²) < 4.78 is 5.56. The number of hydrogen-bond acceptors (Lipinski definition) is 2. The molecule has 2 aromatic carbocycles. The number of hydrogen-bond donors (Lipinski definition) is 1. The fraction of sp³-hybridized carbons (Fsp3) is 0.200. The Morgan fingerprint density at radius 1 is 1.12 bits per heavy atom. The number of aromatic hydroxyl groups is 1. The van der Waals surface area contributed by atoms with E-state index in [1.807, 2.05) is 25.1 Å². The van der Waals surface area contributed by atoms with Gasteiger partial charge < -0.3 is 9.84 Å². The van der Waals surface area contributed by atoms with Crippen molar-refractivity contribution in [3.05, 3.63) is 47.5 Å². The van der Waals surface area contributed by atoms with Gasteiger partial charge in [0.1, 0.15) is 0 Å². The van der Waals surface area contributed by atoms with E-state index in [1.54, 1.807) is 6.07 Å². The van der Waals surface area contributed by atoms with Gasteiger partial charge in [0.15, 0.2) is 11.5 Å². The summed E-state index contributed by atoms with van der Waals surface area (Å²) in [6.07, 6.45) is 0.842. The molecule has 0 aliphatic heterocycles. The van der Waals surface area contributed by atoms with E-state index >= 15 is 0 Å². The zero-order chi connectivity index (χ0) is 11.8. The lowest BCUT2D eigenvalue weighted by Crippen LogP contribution is -1.96. The molecule has 1 aliphatic carbocycles. The van der Waals surface area contributed by atoms with Crippen molar-refractivity contribution in [1.29, 1.82) is 0 Å². The van der Waals surface area contributed by atoms with Crippen LogP contribution in [-0.2, 0) is 6.42 Å². The first kappa shape index (κ1) is 10.2. The maximum atomic E-state index is 9.86. The molecule has 2 aromatic rings. The molecule has 1 aliphatic rings. The second-order valence-electron chi connectivity index (χ2n) is 4.21. The Kier molecular flexibility index (Phi) is 2.29. The molecule has 2 nitrogen and oxygen atoms in total. The fourth-order valence-corrected chi connectivity index (χ4v) is 2.48. The molecule has 1 N–H and O–H groups in total. The maximum absolute atomic E-state index is 9.86. The number of ether oxygens (including phenoxy) is 1. The van der Waals surface area contributed by atoms with Crippen LogP contribution in [0, 0.1) is 0 Å². The summed E-state index contributed by atoms with van der Waals surface area (Å²) in [6, 6.07) is 12.0. The van der Waals surface area contributed by atoms with Gasteiger partial charge in [-0.25, -0.2) is 0 Å². The van der Waals surface area contributed by atoms with Crippen molar-refractivity contribution < 1.29 is 9.84 Å². The molecule has 2 heteroatoms. The first-order valence-electron chi connectivity index (χ1n) is 5.87. The van der Waals surface area contributed by atoms with E-state index in [1.165, 1.54) is 16.7 Å². The largest absolute Gasteiger partial charge is 0.504 e. The summed E-state index contributed by atoms with van der Waals surface area (Å²) in [5.74, 6) is 0.875. The zero-order valence-electron chi connectivity index (χ0n) is 9.73. The summed E-state index contributed by atoms with van der Waals surface area (Å²) in [7, 11) is 0. The van der Waals surface area contributed by atoms with Gasteiger partial charge in [0.25, 0.3) is 0 Å². The Bertz CT molecular complexity index is 573. The molecule has 3 rings (SSSR count). The van der Waals surface area contributed by atoms with Crippen molar-refractivity contribution in [2.45, 2.75) is 13.3 Å². The SMILES string of the molecule is CCOc1c(O)ccc2c1Cc1ccccc1-2. The van der Waals surface area contributed by atoms with Gasteiger partial charge in [0.2, 0.25) is 0 Å². The standard InChI is InChI=1S/C15H14O2/c1-2-17-15-13-9-10-5-3-4-6-11(10)12(13)7-8-14(15)16/h3-8,16H,2,9H2,1H3. The van der Waals surface area contributed by atoms with E-state index in [2.05, 4.69) is 12.1 Å². The number of phenols is 1. The van der Waals surface area contributed by atoms with Gasteiger partial charge in [0.05, 0.1) is 6.61 Å². The molecule has 0 fully saturated rings. The summed E-state index contributed by atoms with van der Waals surface area (Å²) in [6.45, 7) is 2.50. The van der Waals surface area contributed by atoms with E-state index in [9.17, 15) is 5.11 Å². The highest BCUT2D eigenvalue weighted by molar-refractivity contribution is 5.80. The Labute approximate surface area is 100 Å². The van der Waals surface area contributed by atoms with Crippen LogP contribution in [0.15, 0.2) is 36.4 Å². The minimum Gasteiger partial charge on any atom is -0.504 e. The van der Waals surface area contributed by atoms with E-state index < -0.39 is 0 Å². The van der Waals surface area contributed by atoms with Crippen LogP contribution in [0.3, 0.4) is 0 Å². The van der Waals surface area contributed by atoms with Crippen LogP contribution in [0.25, 0.3) is 11.1 Å². The molecule has 0 heterocycles. The normalized spacial score (nSPS) is 12.1. The highest BCUT2D eigenvalue weighted by Crippen LogP contribution is 2.44. The first-order chi connectivity index (χ1) is 8.31. The second-order valence-corrected chi connectivity index (χ2v) is 4.21. The predicted octanol–water partition coefficient (Wildman–Crippen LogP) is 3.36. The molecule has 0 amide bonds. The summed E-state index contributed by atoms with van der Waals surface area (Å²) in [5, 5.41) is 9.86. The van der Waals surface area contributed by atoms with Crippen LogP contribution in [0.5, 0.6) is 11.5 Å². The third-order valence-electron chi connectivity index (χ3n) is 3.20. The molecule has 0 radical (unpaired) electrons. The van der Waals surface area contributed by atoms with Crippen molar-refractivity contribution in [1.82, 2.24) is 0 Å². The van der Waals surface area contributed by atoms with Gasteiger partial charge in [-0.3, -0.25) is 0 Å². The molecule has 86 valence electrons. The summed E-state index contributed by atoms with van der Waals surface area (Å²) in [5.41, 5.74) is 4.84. The fourth-order valence-electron chi connectivity index (χ4n) is 2.48. The lowest BCUT2D eigenvalue weighted by atomic mass is 10.1. The van der Waals surface area contributed by atoms with E-state index in [-0.39, 0.29) is 5.75 Å².